The highest BCUT2D eigenvalue weighted by Gasteiger charge is 2.22. The van der Waals surface area contributed by atoms with Gasteiger partial charge in [0.15, 0.2) is 0 Å². The maximum Gasteiger partial charge on any atom is 0.0837 e. The molecule has 0 spiro atoms. The number of nitrogens with one attached hydrogen (secondary N) is 1. The number of nitrogens with zero attached hydrogens (tertiary/aromatic N) is 1. The summed E-state index contributed by atoms with van der Waals surface area (Å²) in [6.07, 6.45) is 3.63. The first-order valence-electron chi connectivity index (χ1n) is 7.12. The lowest BCUT2D eigenvalue weighted by Crippen LogP contribution is -2.28. The van der Waals surface area contributed by atoms with Crippen molar-refractivity contribution >= 4 is 11.3 Å². The molecule has 2 nitrogen and oxygen atoms in total. The number of benzene rings is 1. The van der Waals surface area contributed by atoms with E-state index >= 15 is 0 Å². The van der Waals surface area contributed by atoms with E-state index in [1.807, 2.05) is 41.7 Å². The van der Waals surface area contributed by atoms with Crippen molar-refractivity contribution in [1.29, 1.82) is 5.26 Å². The standard InChI is InChI=1S/C17H18N2S/c18-11-14(13-5-2-1-3-6-13)12-19-16-7-4-8-17-15(16)9-10-20-17/h1-3,5-6,9-10,14,16,19H,4,7-8,12H2. The van der Waals surface area contributed by atoms with Crippen LogP contribution in [0.4, 0.5) is 0 Å². The molecule has 102 valence electrons. The molecule has 20 heavy (non-hydrogen) atoms. The predicted molar refractivity (Wildman–Crippen MR) is 82.8 cm³/mol. The fourth-order valence-corrected chi connectivity index (χ4v) is 3.87. The molecule has 0 amide bonds. The van der Waals surface area contributed by atoms with Crippen molar-refractivity contribution in [3.05, 3.63) is 57.8 Å². The topological polar surface area (TPSA) is 35.8 Å². The monoisotopic (exact) mass is 282 g/mol. The van der Waals surface area contributed by atoms with Gasteiger partial charge in [0.2, 0.25) is 0 Å². The minimum atomic E-state index is -0.0692. The summed E-state index contributed by atoms with van der Waals surface area (Å²) < 4.78 is 0. The second kappa shape index (κ2) is 6.21. The van der Waals surface area contributed by atoms with Gasteiger partial charge in [-0.25, -0.2) is 0 Å². The summed E-state index contributed by atoms with van der Waals surface area (Å²) in [5.41, 5.74) is 2.55. The largest absolute Gasteiger partial charge is 0.308 e. The first-order valence-corrected chi connectivity index (χ1v) is 8.00. The molecule has 1 aromatic heterocycles. The Labute approximate surface area is 124 Å². The molecule has 3 rings (SSSR count). The highest BCUT2D eigenvalue weighted by molar-refractivity contribution is 7.10. The van der Waals surface area contributed by atoms with E-state index in [0.29, 0.717) is 6.04 Å². The van der Waals surface area contributed by atoms with Crippen LogP contribution >= 0.6 is 11.3 Å². The smallest absolute Gasteiger partial charge is 0.0837 e. The Bertz CT molecular complexity index is 597. The quantitative estimate of drug-likeness (QED) is 0.919. The van der Waals surface area contributed by atoms with Crippen LogP contribution in [0.15, 0.2) is 41.8 Å². The molecular weight excluding hydrogens is 264 g/mol. The van der Waals surface area contributed by atoms with Gasteiger partial charge in [-0.15, -0.1) is 11.3 Å². The molecule has 2 aromatic rings. The third-order valence-corrected chi connectivity index (χ3v) is 4.97. The molecule has 0 radical (unpaired) electrons. The number of nitriles is 1. The van der Waals surface area contributed by atoms with Crippen molar-refractivity contribution in [2.45, 2.75) is 31.2 Å². The van der Waals surface area contributed by atoms with Gasteiger partial charge < -0.3 is 5.32 Å². The van der Waals surface area contributed by atoms with Gasteiger partial charge in [0.1, 0.15) is 0 Å². The molecule has 0 fully saturated rings. The minimum absolute atomic E-state index is 0.0692. The van der Waals surface area contributed by atoms with E-state index in [1.165, 1.54) is 29.7 Å². The van der Waals surface area contributed by atoms with E-state index in [9.17, 15) is 5.26 Å². The summed E-state index contributed by atoms with van der Waals surface area (Å²) >= 11 is 1.86. The molecule has 1 heterocycles. The number of rotatable bonds is 4. The Hall–Kier alpha value is -1.63. The molecule has 0 bridgehead atoms. The van der Waals surface area contributed by atoms with Crippen molar-refractivity contribution in [1.82, 2.24) is 5.32 Å². The SMILES string of the molecule is N#CC(CNC1CCCc2sccc21)c1ccccc1. The van der Waals surface area contributed by atoms with Crippen molar-refractivity contribution in [2.75, 3.05) is 6.54 Å². The summed E-state index contributed by atoms with van der Waals surface area (Å²) in [5, 5.41) is 15.2. The molecule has 1 aromatic carbocycles. The molecule has 2 atom stereocenters. The van der Waals surface area contributed by atoms with Gasteiger partial charge in [0.05, 0.1) is 12.0 Å². The van der Waals surface area contributed by atoms with Crippen molar-refractivity contribution in [2.24, 2.45) is 0 Å². The van der Waals surface area contributed by atoms with E-state index in [-0.39, 0.29) is 5.92 Å². The molecule has 1 aliphatic rings. The Balaban J connectivity index is 1.67. The van der Waals surface area contributed by atoms with Gasteiger partial charge in [-0.2, -0.15) is 5.26 Å². The molecule has 1 aliphatic carbocycles. The minimum Gasteiger partial charge on any atom is -0.308 e. The average Bonchev–Trinajstić information content (AvgIpc) is 2.98. The molecule has 0 saturated heterocycles. The molecule has 3 heteroatoms. The van der Waals surface area contributed by atoms with E-state index in [2.05, 4.69) is 22.8 Å². The maximum absolute atomic E-state index is 9.38. The first-order chi connectivity index (χ1) is 9.88. The summed E-state index contributed by atoms with van der Waals surface area (Å²) in [7, 11) is 0. The number of fused-ring (bicyclic) bond motifs is 1. The Morgan fingerprint density at radius 2 is 2.15 bits per heavy atom. The molecule has 1 N–H and O–H groups in total. The number of hydrogen-bond donors (Lipinski definition) is 1. The fraction of sp³-hybridized carbons (Fsp3) is 0.353. The Morgan fingerprint density at radius 3 is 2.95 bits per heavy atom. The van der Waals surface area contributed by atoms with Gasteiger partial charge in [0, 0.05) is 17.5 Å². The van der Waals surface area contributed by atoms with E-state index in [4.69, 9.17) is 0 Å². The second-order valence-corrected chi connectivity index (χ2v) is 6.25. The zero-order chi connectivity index (χ0) is 13.8. The van der Waals surface area contributed by atoms with Crippen LogP contribution in [0.25, 0.3) is 0 Å². The van der Waals surface area contributed by atoms with Crippen LogP contribution in [-0.2, 0) is 6.42 Å². The highest BCUT2D eigenvalue weighted by atomic mass is 32.1. The lowest BCUT2D eigenvalue weighted by atomic mass is 9.93. The van der Waals surface area contributed by atoms with Crippen LogP contribution in [0.5, 0.6) is 0 Å². The maximum atomic E-state index is 9.38. The lowest BCUT2D eigenvalue weighted by molar-refractivity contribution is 0.459. The third-order valence-electron chi connectivity index (χ3n) is 3.98. The van der Waals surface area contributed by atoms with Crippen LogP contribution < -0.4 is 5.32 Å². The summed E-state index contributed by atoms with van der Waals surface area (Å²) in [6.45, 7) is 0.723. The fourth-order valence-electron chi connectivity index (χ4n) is 2.88. The van der Waals surface area contributed by atoms with Gasteiger partial charge in [0.25, 0.3) is 0 Å². The van der Waals surface area contributed by atoms with Crippen LogP contribution in [0.3, 0.4) is 0 Å². The molecular formula is C17H18N2S. The summed E-state index contributed by atoms with van der Waals surface area (Å²) in [4.78, 5) is 1.52. The lowest BCUT2D eigenvalue weighted by Gasteiger charge is -2.25. The van der Waals surface area contributed by atoms with Crippen molar-refractivity contribution in [3.8, 4) is 6.07 Å². The predicted octanol–water partition coefficient (Wildman–Crippen LogP) is 4.02. The molecule has 0 aliphatic heterocycles. The third kappa shape index (κ3) is 2.77. The van der Waals surface area contributed by atoms with E-state index in [0.717, 1.165) is 12.1 Å². The first kappa shape index (κ1) is 13.4. The van der Waals surface area contributed by atoms with Crippen LogP contribution in [-0.4, -0.2) is 6.54 Å². The summed E-state index contributed by atoms with van der Waals surface area (Å²) in [6, 6.07) is 15.1. The Morgan fingerprint density at radius 1 is 1.30 bits per heavy atom. The average molecular weight is 282 g/mol. The summed E-state index contributed by atoms with van der Waals surface area (Å²) in [5.74, 6) is -0.0692. The second-order valence-electron chi connectivity index (χ2n) is 5.24. The zero-order valence-corrected chi connectivity index (χ0v) is 12.2. The van der Waals surface area contributed by atoms with Gasteiger partial charge in [-0.3, -0.25) is 0 Å². The Kier molecular flexibility index (Phi) is 4.15. The van der Waals surface area contributed by atoms with Crippen molar-refractivity contribution < 1.29 is 0 Å². The number of thiophene rings is 1. The molecule has 2 unspecified atom stereocenters. The van der Waals surface area contributed by atoms with Crippen molar-refractivity contribution in [3.63, 3.8) is 0 Å². The van der Waals surface area contributed by atoms with Crippen LogP contribution in [0.1, 0.15) is 40.8 Å². The number of hydrogen-bond acceptors (Lipinski definition) is 3. The van der Waals surface area contributed by atoms with Gasteiger partial charge in [-0.1, -0.05) is 30.3 Å². The normalized spacial score (nSPS) is 19.1. The zero-order valence-electron chi connectivity index (χ0n) is 11.4. The van der Waals surface area contributed by atoms with Gasteiger partial charge in [-0.05, 0) is 41.8 Å². The van der Waals surface area contributed by atoms with Crippen LogP contribution in [0, 0.1) is 11.3 Å². The molecule has 0 saturated carbocycles. The van der Waals surface area contributed by atoms with Gasteiger partial charge >= 0.3 is 0 Å². The highest BCUT2D eigenvalue weighted by Crippen LogP contribution is 2.33. The van der Waals surface area contributed by atoms with E-state index < -0.39 is 0 Å². The van der Waals surface area contributed by atoms with Crippen LogP contribution in [0.2, 0.25) is 0 Å². The van der Waals surface area contributed by atoms with E-state index in [1.54, 1.807) is 0 Å². The number of aryl methyl sites for hydroxylation is 1.